The molecule has 0 unspecified atom stereocenters. The van der Waals surface area contributed by atoms with E-state index in [9.17, 15) is 4.79 Å². The first-order chi connectivity index (χ1) is 12.0. The molecule has 0 bridgehead atoms. The molecule has 0 radical (unpaired) electrons. The van der Waals surface area contributed by atoms with E-state index in [2.05, 4.69) is 6.58 Å². The summed E-state index contributed by atoms with van der Waals surface area (Å²) in [5, 5.41) is 0. The van der Waals surface area contributed by atoms with Crippen LogP contribution in [0.2, 0.25) is 0 Å². The number of carbonyl (C=O) groups is 1. The molecule has 0 heterocycles. The Balaban J connectivity index is 2.17. The third kappa shape index (κ3) is 5.09. The lowest BCUT2D eigenvalue weighted by Gasteiger charge is -2.12. The molecule has 0 saturated carbocycles. The van der Waals surface area contributed by atoms with Crippen molar-refractivity contribution in [2.24, 2.45) is 0 Å². The summed E-state index contributed by atoms with van der Waals surface area (Å²) in [5.74, 6) is 1.43. The van der Waals surface area contributed by atoms with Crippen LogP contribution in [-0.2, 0) is 9.53 Å². The van der Waals surface area contributed by atoms with Gasteiger partial charge in [-0.25, -0.2) is 4.79 Å². The predicted molar refractivity (Wildman–Crippen MR) is 96.3 cm³/mol. The first-order valence-electron chi connectivity index (χ1n) is 7.83. The number of ether oxygens (including phenoxy) is 4. The van der Waals surface area contributed by atoms with E-state index in [1.807, 2.05) is 30.3 Å². The van der Waals surface area contributed by atoms with Crippen LogP contribution in [-0.4, -0.2) is 33.4 Å². The van der Waals surface area contributed by atoms with Crippen LogP contribution in [0.5, 0.6) is 17.2 Å². The maximum absolute atomic E-state index is 11.5. The molecule has 0 aliphatic carbocycles. The molecule has 0 spiro atoms. The van der Waals surface area contributed by atoms with E-state index >= 15 is 0 Å². The summed E-state index contributed by atoms with van der Waals surface area (Å²) in [6.07, 6.45) is 0. The van der Waals surface area contributed by atoms with Gasteiger partial charge in [-0.05, 0) is 36.8 Å². The molecule has 0 amide bonds. The summed E-state index contributed by atoms with van der Waals surface area (Å²) >= 11 is 0. The molecule has 25 heavy (non-hydrogen) atoms. The Morgan fingerprint density at radius 1 is 1.00 bits per heavy atom. The van der Waals surface area contributed by atoms with Crippen LogP contribution >= 0.6 is 0 Å². The summed E-state index contributed by atoms with van der Waals surface area (Å²) in [6, 6.07) is 12.8. The average Bonchev–Trinajstić information content (AvgIpc) is 2.62. The number of benzene rings is 2. The van der Waals surface area contributed by atoms with Gasteiger partial charge in [0, 0.05) is 24.3 Å². The van der Waals surface area contributed by atoms with Gasteiger partial charge in [-0.15, -0.1) is 0 Å². The third-order valence-electron chi connectivity index (χ3n) is 3.45. The van der Waals surface area contributed by atoms with Crippen LogP contribution in [0.3, 0.4) is 0 Å². The third-order valence-corrected chi connectivity index (χ3v) is 3.45. The summed E-state index contributed by atoms with van der Waals surface area (Å²) in [5.41, 5.74) is 2.21. The quantitative estimate of drug-likeness (QED) is 0.315. The first-order valence-corrected chi connectivity index (χ1v) is 7.83. The van der Waals surface area contributed by atoms with E-state index in [1.165, 1.54) is 0 Å². The van der Waals surface area contributed by atoms with Crippen molar-refractivity contribution in [2.45, 2.75) is 6.92 Å². The molecule has 2 aromatic rings. The molecule has 5 heteroatoms. The predicted octanol–water partition coefficient (Wildman–Crippen LogP) is 3.87. The van der Waals surface area contributed by atoms with Crippen molar-refractivity contribution < 1.29 is 23.7 Å². The zero-order chi connectivity index (χ0) is 18.2. The molecule has 0 aromatic heterocycles. The Hall–Kier alpha value is -2.79. The van der Waals surface area contributed by atoms with Crippen molar-refractivity contribution in [1.82, 2.24) is 0 Å². The van der Waals surface area contributed by atoms with Crippen molar-refractivity contribution in [2.75, 3.05) is 27.4 Å². The van der Waals surface area contributed by atoms with Crippen molar-refractivity contribution in [1.29, 1.82) is 0 Å². The number of esters is 1. The largest absolute Gasteiger partial charge is 0.496 e. The highest BCUT2D eigenvalue weighted by molar-refractivity contribution is 5.88. The van der Waals surface area contributed by atoms with Crippen molar-refractivity contribution in [3.05, 3.63) is 54.6 Å². The molecule has 0 saturated heterocycles. The van der Waals surface area contributed by atoms with E-state index in [4.69, 9.17) is 18.9 Å². The summed E-state index contributed by atoms with van der Waals surface area (Å²) in [6.45, 7) is 6.17. The number of hydrogen-bond donors (Lipinski definition) is 0. The molecule has 132 valence electrons. The van der Waals surface area contributed by atoms with Crippen LogP contribution in [0.15, 0.2) is 54.6 Å². The summed E-state index contributed by atoms with van der Waals surface area (Å²) in [7, 11) is 3.24. The lowest BCUT2D eigenvalue weighted by molar-refractivity contribution is -0.130. The van der Waals surface area contributed by atoms with E-state index in [0.717, 1.165) is 11.1 Å². The molecule has 5 nitrogen and oxygen atoms in total. The van der Waals surface area contributed by atoms with E-state index < -0.39 is 5.97 Å². The topological polar surface area (TPSA) is 54.0 Å². The second-order valence-corrected chi connectivity index (χ2v) is 5.40. The van der Waals surface area contributed by atoms with Gasteiger partial charge in [0.1, 0.15) is 23.9 Å². The molecular formula is C20H22O5. The lowest BCUT2D eigenvalue weighted by atomic mass is 10.0. The fraction of sp³-hybridized carbons (Fsp3) is 0.250. The van der Waals surface area contributed by atoms with Crippen LogP contribution in [0.4, 0.5) is 0 Å². The van der Waals surface area contributed by atoms with Gasteiger partial charge in [-0.2, -0.15) is 0 Å². The fourth-order valence-electron chi connectivity index (χ4n) is 2.14. The number of rotatable bonds is 8. The number of carbonyl (C=O) groups excluding carboxylic acids is 1. The maximum Gasteiger partial charge on any atom is 0.338 e. The van der Waals surface area contributed by atoms with Crippen molar-refractivity contribution in [3.63, 3.8) is 0 Å². The van der Waals surface area contributed by atoms with Crippen LogP contribution in [0, 0.1) is 0 Å². The highest BCUT2D eigenvalue weighted by atomic mass is 16.5. The van der Waals surface area contributed by atoms with Gasteiger partial charge in [0.05, 0.1) is 13.7 Å². The molecule has 0 fully saturated rings. The Labute approximate surface area is 147 Å². The highest BCUT2D eigenvalue weighted by Gasteiger charge is 2.10. The summed E-state index contributed by atoms with van der Waals surface area (Å²) < 4.78 is 21.2. The van der Waals surface area contributed by atoms with Gasteiger partial charge in [0.15, 0.2) is 0 Å². The monoisotopic (exact) mass is 342 g/mol. The van der Waals surface area contributed by atoms with Crippen molar-refractivity contribution in [3.8, 4) is 28.4 Å². The standard InChI is InChI=1S/C20H22O5/c1-14(2)20(21)25-16-7-5-15(6-8-16)18-10-9-17(13-19(18)23-4)24-12-11-22-3/h5-10,13H,1,11-12H2,2-4H3. The van der Waals surface area contributed by atoms with Gasteiger partial charge in [-0.3, -0.25) is 0 Å². The zero-order valence-corrected chi connectivity index (χ0v) is 14.7. The Morgan fingerprint density at radius 2 is 1.68 bits per heavy atom. The lowest BCUT2D eigenvalue weighted by Crippen LogP contribution is -2.07. The second kappa shape index (κ2) is 8.89. The Bertz CT molecular complexity index is 734. The van der Waals surface area contributed by atoms with Gasteiger partial charge in [-0.1, -0.05) is 18.7 Å². The zero-order valence-electron chi connectivity index (χ0n) is 14.7. The molecule has 0 aliphatic heterocycles. The first kappa shape index (κ1) is 18.5. The number of hydrogen-bond acceptors (Lipinski definition) is 5. The minimum atomic E-state index is -0.442. The van der Waals surface area contributed by atoms with E-state index in [-0.39, 0.29) is 0 Å². The highest BCUT2D eigenvalue weighted by Crippen LogP contribution is 2.34. The van der Waals surface area contributed by atoms with Gasteiger partial charge >= 0.3 is 5.97 Å². The van der Waals surface area contributed by atoms with Gasteiger partial charge in [0.2, 0.25) is 0 Å². The van der Waals surface area contributed by atoms with Crippen LogP contribution < -0.4 is 14.2 Å². The Kier molecular flexibility index (Phi) is 6.60. The SMILES string of the molecule is C=C(C)C(=O)Oc1ccc(-c2ccc(OCCOC)cc2OC)cc1. The fourth-order valence-corrected chi connectivity index (χ4v) is 2.14. The molecule has 0 atom stereocenters. The molecule has 0 aliphatic rings. The minimum Gasteiger partial charge on any atom is -0.496 e. The minimum absolute atomic E-state index is 0.356. The molecule has 2 rings (SSSR count). The molecular weight excluding hydrogens is 320 g/mol. The van der Waals surface area contributed by atoms with Crippen LogP contribution in [0.1, 0.15) is 6.92 Å². The Morgan fingerprint density at radius 3 is 2.28 bits per heavy atom. The van der Waals surface area contributed by atoms with Crippen molar-refractivity contribution >= 4 is 5.97 Å². The van der Waals surface area contributed by atoms with E-state index in [0.29, 0.717) is 36.0 Å². The van der Waals surface area contributed by atoms with Gasteiger partial charge < -0.3 is 18.9 Å². The summed E-state index contributed by atoms with van der Waals surface area (Å²) in [4.78, 5) is 11.5. The smallest absolute Gasteiger partial charge is 0.338 e. The van der Waals surface area contributed by atoms with E-state index in [1.54, 1.807) is 33.3 Å². The van der Waals surface area contributed by atoms with Crippen LogP contribution in [0.25, 0.3) is 11.1 Å². The molecule has 0 N–H and O–H groups in total. The second-order valence-electron chi connectivity index (χ2n) is 5.40. The average molecular weight is 342 g/mol. The van der Waals surface area contributed by atoms with Gasteiger partial charge in [0.25, 0.3) is 0 Å². The number of methoxy groups -OCH3 is 2. The normalized spacial score (nSPS) is 10.2. The molecule has 2 aromatic carbocycles. The maximum atomic E-state index is 11.5.